The van der Waals surface area contributed by atoms with Crippen molar-refractivity contribution in [3.8, 4) is 11.3 Å². The molecule has 0 amide bonds. The fourth-order valence-corrected chi connectivity index (χ4v) is 1.43. The summed E-state index contributed by atoms with van der Waals surface area (Å²) in [7, 11) is 0. The van der Waals surface area contributed by atoms with Gasteiger partial charge in [-0.15, -0.1) is 0 Å². The summed E-state index contributed by atoms with van der Waals surface area (Å²) in [5, 5.41) is 10.6. The molecule has 0 bridgehead atoms. The maximum atomic E-state index is 10.6. The van der Waals surface area contributed by atoms with Gasteiger partial charge in [-0.25, -0.2) is 0 Å². The van der Waals surface area contributed by atoms with Gasteiger partial charge in [0.2, 0.25) is 0 Å². The average molecular weight is 203 g/mol. The first-order valence-electron chi connectivity index (χ1n) is 4.47. The van der Waals surface area contributed by atoms with Crippen LogP contribution in [0.1, 0.15) is 5.56 Å². The molecule has 1 heterocycles. The standard InChI is InChI=1S/C11H9NO3/c1-8-5-6-15-11(8)9-3-2-4-10(7-9)12(13)14/h2-7H,1H3. The Bertz CT molecular complexity index is 502. The van der Waals surface area contributed by atoms with Crippen molar-refractivity contribution < 1.29 is 9.34 Å². The molecule has 4 nitrogen and oxygen atoms in total. The van der Waals surface area contributed by atoms with Gasteiger partial charge in [-0.2, -0.15) is 0 Å². The highest BCUT2D eigenvalue weighted by Crippen LogP contribution is 2.26. The maximum absolute atomic E-state index is 10.6. The van der Waals surface area contributed by atoms with Crippen LogP contribution in [0.2, 0.25) is 0 Å². The normalized spacial score (nSPS) is 10.2. The summed E-state index contributed by atoms with van der Waals surface area (Å²) in [4.78, 5) is 10.2. The van der Waals surface area contributed by atoms with Gasteiger partial charge in [0.25, 0.3) is 5.69 Å². The molecule has 2 aromatic rings. The Balaban J connectivity index is 2.50. The number of aryl methyl sites for hydroxylation is 1. The predicted octanol–water partition coefficient (Wildman–Crippen LogP) is 3.16. The molecule has 0 aliphatic rings. The van der Waals surface area contributed by atoms with Crippen molar-refractivity contribution in [2.75, 3.05) is 0 Å². The molecule has 0 fully saturated rings. The minimum atomic E-state index is -0.415. The van der Waals surface area contributed by atoms with E-state index in [0.717, 1.165) is 11.1 Å². The van der Waals surface area contributed by atoms with Crippen LogP contribution in [0.4, 0.5) is 5.69 Å². The lowest BCUT2D eigenvalue weighted by Crippen LogP contribution is -1.87. The van der Waals surface area contributed by atoms with Crippen molar-refractivity contribution in [2.24, 2.45) is 0 Å². The summed E-state index contributed by atoms with van der Waals surface area (Å²) in [6.45, 7) is 1.90. The van der Waals surface area contributed by atoms with Gasteiger partial charge >= 0.3 is 0 Å². The average Bonchev–Trinajstić information content (AvgIpc) is 2.64. The Kier molecular flexibility index (Phi) is 2.25. The minimum Gasteiger partial charge on any atom is -0.464 e. The van der Waals surface area contributed by atoms with E-state index in [9.17, 15) is 10.1 Å². The van der Waals surface area contributed by atoms with Gasteiger partial charge < -0.3 is 4.42 Å². The molecule has 2 rings (SSSR count). The number of nitrogens with zero attached hydrogens (tertiary/aromatic N) is 1. The molecule has 0 N–H and O–H groups in total. The third-order valence-electron chi connectivity index (χ3n) is 2.18. The van der Waals surface area contributed by atoms with Gasteiger partial charge in [-0.05, 0) is 18.6 Å². The first-order chi connectivity index (χ1) is 7.18. The fourth-order valence-electron chi connectivity index (χ4n) is 1.43. The molecule has 15 heavy (non-hydrogen) atoms. The van der Waals surface area contributed by atoms with Crippen molar-refractivity contribution in [1.82, 2.24) is 0 Å². The second kappa shape index (κ2) is 3.57. The molecule has 0 aliphatic carbocycles. The lowest BCUT2D eigenvalue weighted by molar-refractivity contribution is -0.384. The quantitative estimate of drug-likeness (QED) is 0.556. The summed E-state index contributed by atoms with van der Waals surface area (Å²) in [5.41, 5.74) is 1.77. The third-order valence-corrected chi connectivity index (χ3v) is 2.18. The summed E-state index contributed by atoms with van der Waals surface area (Å²) >= 11 is 0. The first-order valence-corrected chi connectivity index (χ1v) is 4.47. The van der Waals surface area contributed by atoms with Crippen LogP contribution in [0, 0.1) is 17.0 Å². The molecule has 0 unspecified atom stereocenters. The fraction of sp³-hybridized carbons (Fsp3) is 0.0909. The smallest absolute Gasteiger partial charge is 0.270 e. The number of furan rings is 1. The third kappa shape index (κ3) is 1.74. The van der Waals surface area contributed by atoms with Gasteiger partial charge in [-0.3, -0.25) is 10.1 Å². The van der Waals surface area contributed by atoms with Crippen LogP contribution in [0.25, 0.3) is 11.3 Å². The molecular weight excluding hydrogens is 194 g/mol. The maximum Gasteiger partial charge on any atom is 0.270 e. The van der Waals surface area contributed by atoms with Gasteiger partial charge in [0, 0.05) is 17.7 Å². The van der Waals surface area contributed by atoms with E-state index in [1.807, 2.05) is 13.0 Å². The van der Waals surface area contributed by atoms with E-state index in [-0.39, 0.29) is 5.69 Å². The van der Waals surface area contributed by atoms with Crippen LogP contribution < -0.4 is 0 Å². The molecule has 1 aromatic heterocycles. The number of hydrogen-bond acceptors (Lipinski definition) is 3. The van der Waals surface area contributed by atoms with Gasteiger partial charge in [-0.1, -0.05) is 12.1 Å². The van der Waals surface area contributed by atoms with Crippen molar-refractivity contribution in [3.05, 3.63) is 52.3 Å². The Labute approximate surface area is 86.3 Å². The Hall–Kier alpha value is -2.10. The van der Waals surface area contributed by atoms with Crippen LogP contribution >= 0.6 is 0 Å². The van der Waals surface area contributed by atoms with Crippen molar-refractivity contribution >= 4 is 5.69 Å². The number of rotatable bonds is 2. The molecule has 0 aliphatic heterocycles. The van der Waals surface area contributed by atoms with E-state index in [4.69, 9.17) is 4.42 Å². The zero-order chi connectivity index (χ0) is 10.8. The topological polar surface area (TPSA) is 56.3 Å². The van der Waals surface area contributed by atoms with Crippen molar-refractivity contribution in [2.45, 2.75) is 6.92 Å². The van der Waals surface area contributed by atoms with Gasteiger partial charge in [0.05, 0.1) is 11.2 Å². The van der Waals surface area contributed by atoms with E-state index >= 15 is 0 Å². The molecule has 0 saturated carbocycles. The summed E-state index contributed by atoms with van der Waals surface area (Å²) in [5.74, 6) is 0.679. The van der Waals surface area contributed by atoms with E-state index in [2.05, 4.69) is 0 Å². The highest BCUT2D eigenvalue weighted by Gasteiger charge is 2.10. The molecule has 0 spiro atoms. The van der Waals surface area contributed by atoms with E-state index in [1.54, 1.807) is 18.4 Å². The van der Waals surface area contributed by atoms with Crippen molar-refractivity contribution in [3.63, 3.8) is 0 Å². The molecule has 1 aromatic carbocycles. The zero-order valence-electron chi connectivity index (χ0n) is 8.14. The van der Waals surface area contributed by atoms with Crippen molar-refractivity contribution in [1.29, 1.82) is 0 Å². The molecule has 0 atom stereocenters. The highest BCUT2D eigenvalue weighted by atomic mass is 16.6. The lowest BCUT2D eigenvalue weighted by Gasteiger charge is -1.98. The summed E-state index contributed by atoms with van der Waals surface area (Å²) in [6, 6.07) is 8.23. The van der Waals surface area contributed by atoms with Crippen LogP contribution in [-0.4, -0.2) is 4.92 Å². The Morgan fingerprint density at radius 2 is 2.13 bits per heavy atom. The zero-order valence-corrected chi connectivity index (χ0v) is 8.14. The molecule has 76 valence electrons. The SMILES string of the molecule is Cc1ccoc1-c1cccc([N+](=O)[O-])c1. The molecular formula is C11H9NO3. The first kappa shape index (κ1) is 9.45. The number of nitro groups is 1. The summed E-state index contributed by atoms with van der Waals surface area (Å²) < 4.78 is 5.26. The number of benzene rings is 1. The molecule has 0 radical (unpaired) electrons. The van der Waals surface area contributed by atoms with Crippen LogP contribution in [0.3, 0.4) is 0 Å². The van der Waals surface area contributed by atoms with Gasteiger partial charge in [0.1, 0.15) is 5.76 Å². The Morgan fingerprint density at radius 1 is 1.33 bits per heavy atom. The minimum absolute atomic E-state index is 0.0725. The summed E-state index contributed by atoms with van der Waals surface area (Å²) in [6.07, 6.45) is 1.57. The molecule has 0 saturated heterocycles. The second-order valence-electron chi connectivity index (χ2n) is 3.24. The van der Waals surface area contributed by atoms with E-state index in [1.165, 1.54) is 12.1 Å². The number of non-ortho nitro benzene ring substituents is 1. The monoisotopic (exact) mass is 203 g/mol. The van der Waals surface area contributed by atoms with Crippen LogP contribution in [-0.2, 0) is 0 Å². The molecule has 4 heteroatoms. The highest BCUT2D eigenvalue weighted by molar-refractivity contribution is 5.63. The van der Waals surface area contributed by atoms with Gasteiger partial charge in [0.15, 0.2) is 0 Å². The Morgan fingerprint density at radius 3 is 2.73 bits per heavy atom. The number of hydrogen-bond donors (Lipinski definition) is 0. The van der Waals surface area contributed by atoms with E-state index in [0.29, 0.717) is 5.76 Å². The van der Waals surface area contributed by atoms with Crippen LogP contribution in [0.5, 0.6) is 0 Å². The predicted molar refractivity (Wildman–Crippen MR) is 55.5 cm³/mol. The largest absolute Gasteiger partial charge is 0.464 e. The second-order valence-corrected chi connectivity index (χ2v) is 3.24. The number of nitro benzene ring substituents is 1. The van der Waals surface area contributed by atoms with E-state index < -0.39 is 4.92 Å². The lowest BCUT2D eigenvalue weighted by atomic mass is 10.1. The van der Waals surface area contributed by atoms with Crippen LogP contribution in [0.15, 0.2) is 41.0 Å².